The predicted octanol–water partition coefficient (Wildman–Crippen LogP) is 3.59. The van der Waals surface area contributed by atoms with E-state index in [4.69, 9.17) is 0 Å². The van der Waals surface area contributed by atoms with Crippen LogP contribution in [-0.2, 0) is 16.0 Å². The van der Waals surface area contributed by atoms with E-state index < -0.39 is 0 Å². The van der Waals surface area contributed by atoms with E-state index in [1.165, 1.54) is 12.1 Å². The Morgan fingerprint density at radius 1 is 1.24 bits per heavy atom. The third-order valence-corrected chi connectivity index (χ3v) is 4.58. The molecule has 1 aliphatic rings. The fourth-order valence-corrected chi connectivity index (χ4v) is 3.10. The topological polar surface area (TPSA) is 58.2 Å². The van der Waals surface area contributed by atoms with Crippen molar-refractivity contribution in [1.82, 2.24) is 5.32 Å². The summed E-state index contributed by atoms with van der Waals surface area (Å²) in [6.07, 6.45) is 1.44. The zero-order valence-corrected chi connectivity index (χ0v) is 14.1. The Bertz CT molecular complexity index is 774. The quantitative estimate of drug-likeness (QED) is 0.874. The highest BCUT2D eigenvalue weighted by atomic mass is 19.1. The molecule has 1 aliphatic heterocycles. The highest BCUT2D eigenvalue weighted by Gasteiger charge is 2.26. The summed E-state index contributed by atoms with van der Waals surface area (Å²) < 4.78 is 13.0. The summed E-state index contributed by atoms with van der Waals surface area (Å²) in [5, 5.41) is 5.80. The number of rotatable bonds is 5. The number of benzene rings is 2. The van der Waals surface area contributed by atoms with Crippen molar-refractivity contribution in [3.05, 3.63) is 65.5 Å². The lowest BCUT2D eigenvalue weighted by Crippen LogP contribution is -2.32. The number of hydrogen-bond donors (Lipinski definition) is 2. The van der Waals surface area contributed by atoms with Crippen LogP contribution in [0.25, 0.3) is 0 Å². The SMILES string of the molecule is C[C@@H](NC(=O)CC[C@H]1Cc2ccccc2NC1=O)c1ccc(F)cc1. The van der Waals surface area contributed by atoms with Crippen LogP contribution >= 0.6 is 0 Å². The van der Waals surface area contributed by atoms with E-state index in [-0.39, 0.29) is 36.0 Å². The van der Waals surface area contributed by atoms with E-state index >= 15 is 0 Å². The molecule has 0 aliphatic carbocycles. The normalized spacial score (nSPS) is 17.4. The highest BCUT2D eigenvalue weighted by Crippen LogP contribution is 2.27. The summed E-state index contributed by atoms with van der Waals surface area (Å²) in [5.41, 5.74) is 2.81. The Labute approximate surface area is 146 Å². The smallest absolute Gasteiger partial charge is 0.227 e. The number of hydrogen-bond acceptors (Lipinski definition) is 2. The predicted molar refractivity (Wildman–Crippen MR) is 94.5 cm³/mol. The Balaban J connectivity index is 1.52. The van der Waals surface area contributed by atoms with Crippen molar-refractivity contribution < 1.29 is 14.0 Å². The van der Waals surface area contributed by atoms with Crippen LogP contribution in [0.5, 0.6) is 0 Å². The van der Waals surface area contributed by atoms with Gasteiger partial charge in [-0.05, 0) is 49.1 Å². The van der Waals surface area contributed by atoms with Crippen LogP contribution in [0.3, 0.4) is 0 Å². The van der Waals surface area contributed by atoms with Crippen LogP contribution in [0.15, 0.2) is 48.5 Å². The lowest BCUT2D eigenvalue weighted by atomic mass is 9.89. The molecule has 0 spiro atoms. The largest absolute Gasteiger partial charge is 0.350 e. The Kier molecular flexibility index (Phi) is 5.12. The van der Waals surface area contributed by atoms with Gasteiger partial charge in [-0.15, -0.1) is 0 Å². The summed E-state index contributed by atoms with van der Waals surface area (Å²) in [4.78, 5) is 24.3. The Hall–Kier alpha value is -2.69. The van der Waals surface area contributed by atoms with Gasteiger partial charge >= 0.3 is 0 Å². The average molecular weight is 340 g/mol. The first-order valence-corrected chi connectivity index (χ1v) is 8.46. The highest BCUT2D eigenvalue weighted by molar-refractivity contribution is 5.96. The minimum atomic E-state index is -0.300. The number of carbonyl (C=O) groups excluding carboxylic acids is 2. The van der Waals surface area contributed by atoms with Gasteiger partial charge in [0.05, 0.1) is 6.04 Å². The van der Waals surface area contributed by atoms with Gasteiger partial charge in [0, 0.05) is 18.0 Å². The first-order chi connectivity index (χ1) is 12.0. The summed E-state index contributed by atoms with van der Waals surface area (Å²) >= 11 is 0. The molecule has 0 saturated heterocycles. The lowest BCUT2D eigenvalue weighted by molar-refractivity contribution is -0.123. The maximum Gasteiger partial charge on any atom is 0.227 e. The molecule has 0 radical (unpaired) electrons. The fourth-order valence-electron chi connectivity index (χ4n) is 3.10. The van der Waals surface area contributed by atoms with Gasteiger partial charge < -0.3 is 10.6 Å². The standard InChI is InChI=1S/C20H21FN2O2/c1-13(14-6-9-17(21)10-7-14)22-19(24)11-8-16-12-15-4-2-3-5-18(15)23-20(16)25/h2-7,9-10,13,16H,8,11-12H2,1H3,(H,22,24)(H,23,25)/t13-,16+/m1/s1. The number of fused-ring (bicyclic) bond motifs is 1. The van der Waals surface area contributed by atoms with E-state index in [1.807, 2.05) is 31.2 Å². The molecule has 5 heteroatoms. The number of anilines is 1. The average Bonchev–Trinajstić information content (AvgIpc) is 2.60. The van der Waals surface area contributed by atoms with Gasteiger partial charge in [-0.1, -0.05) is 30.3 Å². The van der Waals surface area contributed by atoms with E-state index in [1.54, 1.807) is 12.1 Å². The maximum absolute atomic E-state index is 13.0. The third-order valence-electron chi connectivity index (χ3n) is 4.58. The molecule has 25 heavy (non-hydrogen) atoms. The second-order valence-electron chi connectivity index (χ2n) is 6.43. The summed E-state index contributed by atoms with van der Waals surface area (Å²) in [7, 11) is 0. The van der Waals surface area contributed by atoms with Crippen LogP contribution in [0.4, 0.5) is 10.1 Å². The molecule has 1 heterocycles. The Morgan fingerprint density at radius 2 is 1.96 bits per heavy atom. The molecule has 2 amide bonds. The molecule has 0 bridgehead atoms. The number of amides is 2. The molecule has 0 saturated carbocycles. The zero-order valence-electron chi connectivity index (χ0n) is 14.1. The molecule has 2 N–H and O–H groups in total. The van der Waals surface area contributed by atoms with Crippen molar-refractivity contribution in [3.8, 4) is 0 Å². The molecule has 0 aromatic heterocycles. The molecule has 0 unspecified atom stereocenters. The van der Waals surface area contributed by atoms with Crippen molar-refractivity contribution in [2.24, 2.45) is 5.92 Å². The van der Waals surface area contributed by atoms with Gasteiger partial charge in [0.15, 0.2) is 0 Å². The first kappa shape index (κ1) is 17.1. The number of carbonyl (C=O) groups is 2. The van der Waals surface area contributed by atoms with Gasteiger partial charge in [-0.2, -0.15) is 0 Å². The molecule has 2 aromatic rings. The van der Waals surface area contributed by atoms with Gasteiger partial charge in [0.2, 0.25) is 11.8 Å². The molecular weight excluding hydrogens is 319 g/mol. The minimum absolute atomic E-state index is 0.0296. The van der Waals surface area contributed by atoms with Gasteiger partial charge in [-0.25, -0.2) is 4.39 Å². The summed E-state index contributed by atoms with van der Waals surface area (Å²) in [5.74, 6) is -0.630. The van der Waals surface area contributed by atoms with Crippen molar-refractivity contribution in [3.63, 3.8) is 0 Å². The van der Waals surface area contributed by atoms with Gasteiger partial charge in [0.1, 0.15) is 5.82 Å². The van der Waals surface area contributed by atoms with Crippen molar-refractivity contribution in [2.45, 2.75) is 32.2 Å². The van der Waals surface area contributed by atoms with Crippen LogP contribution in [0.2, 0.25) is 0 Å². The van der Waals surface area contributed by atoms with E-state index in [9.17, 15) is 14.0 Å². The van der Waals surface area contributed by atoms with Crippen molar-refractivity contribution in [2.75, 3.05) is 5.32 Å². The molecule has 2 aromatic carbocycles. The third kappa shape index (κ3) is 4.24. The molecule has 2 atom stereocenters. The minimum Gasteiger partial charge on any atom is -0.350 e. The van der Waals surface area contributed by atoms with E-state index in [0.29, 0.717) is 12.8 Å². The monoisotopic (exact) mass is 340 g/mol. The lowest BCUT2D eigenvalue weighted by Gasteiger charge is -2.24. The summed E-state index contributed by atoms with van der Waals surface area (Å²) in [6, 6.07) is 13.6. The number of halogens is 1. The van der Waals surface area contributed by atoms with Crippen molar-refractivity contribution >= 4 is 17.5 Å². The van der Waals surface area contributed by atoms with Gasteiger partial charge in [-0.3, -0.25) is 9.59 Å². The van der Waals surface area contributed by atoms with Crippen LogP contribution < -0.4 is 10.6 Å². The molecule has 3 rings (SSSR count). The molecule has 4 nitrogen and oxygen atoms in total. The van der Waals surface area contributed by atoms with Crippen molar-refractivity contribution in [1.29, 1.82) is 0 Å². The molecular formula is C20H21FN2O2. The first-order valence-electron chi connectivity index (χ1n) is 8.46. The van der Waals surface area contributed by atoms with Gasteiger partial charge in [0.25, 0.3) is 0 Å². The summed E-state index contributed by atoms with van der Waals surface area (Å²) in [6.45, 7) is 1.86. The van der Waals surface area contributed by atoms with Crippen LogP contribution in [0, 0.1) is 11.7 Å². The number of nitrogens with one attached hydrogen (secondary N) is 2. The maximum atomic E-state index is 13.0. The molecule has 130 valence electrons. The van der Waals surface area contributed by atoms with E-state index in [2.05, 4.69) is 10.6 Å². The zero-order chi connectivity index (χ0) is 17.8. The van der Waals surface area contributed by atoms with E-state index in [0.717, 1.165) is 16.8 Å². The second kappa shape index (κ2) is 7.47. The number of para-hydroxylation sites is 1. The van der Waals surface area contributed by atoms with Crippen LogP contribution in [-0.4, -0.2) is 11.8 Å². The second-order valence-corrected chi connectivity index (χ2v) is 6.43. The van der Waals surface area contributed by atoms with Crippen LogP contribution in [0.1, 0.15) is 36.9 Å². The molecule has 0 fully saturated rings. The fraction of sp³-hybridized carbons (Fsp3) is 0.300. The Morgan fingerprint density at radius 3 is 2.72 bits per heavy atom.